The molecule has 2 aliphatic rings. The quantitative estimate of drug-likeness (QED) is 0.665. The summed E-state index contributed by atoms with van der Waals surface area (Å²) in [5.41, 5.74) is 7.17. The number of carbonyl (C=O) groups is 1. The second-order valence-corrected chi connectivity index (χ2v) is 6.83. The lowest BCUT2D eigenvalue weighted by Crippen LogP contribution is -2.53. The van der Waals surface area contributed by atoms with Gasteiger partial charge in [-0.2, -0.15) is 13.2 Å². The Morgan fingerprint density at radius 2 is 1.67 bits per heavy atom. The highest BCUT2D eigenvalue weighted by molar-refractivity contribution is 5.78. The van der Waals surface area contributed by atoms with Gasteiger partial charge in [0.1, 0.15) is 0 Å². The molecule has 2 aromatic carbocycles. The maximum Gasteiger partial charge on any atom is 0.416 e. The number of hydrogen-bond donors (Lipinski definition) is 4. The van der Waals surface area contributed by atoms with E-state index in [1.54, 1.807) is 0 Å². The van der Waals surface area contributed by atoms with Gasteiger partial charge >= 0.3 is 6.18 Å². The molecule has 2 aliphatic heterocycles. The van der Waals surface area contributed by atoms with Crippen molar-refractivity contribution >= 4 is 11.6 Å². The van der Waals surface area contributed by atoms with Crippen LogP contribution in [0.3, 0.4) is 0 Å². The molecule has 142 valence electrons. The average molecular weight is 376 g/mol. The van der Waals surface area contributed by atoms with Crippen molar-refractivity contribution in [1.82, 2.24) is 16.2 Å². The Balaban J connectivity index is 1.60. The minimum absolute atomic E-state index is 0.0698. The number of hydrazine groups is 1. The number of amides is 1. The van der Waals surface area contributed by atoms with Gasteiger partial charge in [-0.25, -0.2) is 10.9 Å². The van der Waals surface area contributed by atoms with E-state index in [1.165, 1.54) is 12.1 Å². The summed E-state index contributed by atoms with van der Waals surface area (Å²) in [6.07, 6.45) is -4.65. The van der Waals surface area contributed by atoms with Crippen LogP contribution in [0.1, 0.15) is 23.5 Å². The number of alkyl halides is 3. The van der Waals surface area contributed by atoms with E-state index in [0.717, 1.165) is 23.4 Å². The summed E-state index contributed by atoms with van der Waals surface area (Å²) in [7, 11) is 0. The number of halogens is 3. The molecule has 0 saturated carbocycles. The van der Waals surface area contributed by atoms with Gasteiger partial charge in [0.2, 0.25) is 5.91 Å². The lowest BCUT2D eigenvalue weighted by atomic mass is 9.78. The molecular formula is C19H19F3N4O. The number of anilines is 1. The zero-order valence-electron chi connectivity index (χ0n) is 14.3. The minimum atomic E-state index is -4.38. The highest BCUT2D eigenvalue weighted by Gasteiger charge is 2.46. The molecule has 2 aromatic rings. The number of fused-ring (bicyclic) bond motifs is 1. The smallest absolute Gasteiger partial charge is 0.368 e. The highest BCUT2D eigenvalue weighted by atomic mass is 19.4. The van der Waals surface area contributed by atoms with Crippen LogP contribution in [0.4, 0.5) is 18.9 Å². The van der Waals surface area contributed by atoms with E-state index in [-0.39, 0.29) is 36.5 Å². The fraction of sp³-hybridized carbons (Fsp3) is 0.316. The van der Waals surface area contributed by atoms with Crippen LogP contribution in [-0.4, -0.2) is 18.2 Å². The molecule has 4 unspecified atom stereocenters. The molecule has 0 spiro atoms. The first-order valence-electron chi connectivity index (χ1n) is 8.71. The summed E-state index contributed by atoms with van der Waals surface area (Å²) >= 11 is 0. The normalized spacial score (nSPS) is 27.7. The summed E-state index contributed by atoms with van der Waals surface area (Å²) in [5, 5.41) is 6.28. The van der Waals surface area contributed by atoms with Gasteiger partial charge in [-0.1, -0.05) is 30.3 Å². The van der Waals surface area contributed by atoms with Gasteiger partial charge in [-0.15, -0.1) is 0 Å². The number of para-hydroxylation sites is 1. The van der Waals surface area contributed by atoms with Crippen LogP contribution < -0.4 is 21.5 Å². The number of hydrogen-bond acceptors (Lipinski definition) is 4. The molecule has 5 nitrogen and oxygen atoms in total. The van der Waals surface area contributed by atoms with Gasteiger partial charge in [0, 0.05) is 23.9 Å². The monoisotopic (exact) mass is 376 g/mol. The van der Waals surface area contributed by atoms with E-state index in [1.807, 2.05) is 30.3 Å². The van der Waals surface area contributed by atoms with E-state index >= 15 is 0 Å². The van der Waals surface area contributed by atoms with Crippen LogP contribution in [0, 0.1) is 5.92 Å². The van der Waals surface area contributed by atoms with Crippen molar-refractivity contribution in [2.45, 2.75) is 30.8 Å². The SMILES string of the molecule is O=C1CC(c2ccc(C(F)(F)F)cc2)C2C(NNC2Nc2ccccc2)N1. The summed E-state index contributed by atoms with van der Waals surface area (Å²) in [6, 6.07) is 14.7. The van der Waals surface area contributed by atoms with E-state index in [9.17, 15) is 18.0 Å². The molecule has 0 bridgehead atoms. The maximum atomic E-state index is 12.8. The van der Waals surface area contributed by atoms with Gasteiger partial charge in [-0.05, 0) is 29.8 Å². The van der Waals surface area contributed by atoms with Crippen LogP contribution in [0.5, 0.6) is 0 Å². The van der Waals surface area contributed by atoms with E-state index < -0.39 is 11.7 Å². The minimum Gasteiger partial charge on any atom is -0.368 e. The number of piperidine rings is 1. The van der Waals surface area contributed by atoms with Crippen molar-refractivity contribution in [3.63, 3.8) is 0 Å². The van der Waals surface area contributed by atoms with Crippen LogP contribution in [0.15, 0.2) is 54.6 Å². The Morgan fingerprint density at radius 1 is 0.963 bits per heavy atom. The lowest BCUT2D eigenvalue weighted by Gasteiger charge is -2.36. The Morgan fingerprint density at radius 3 is 2.33 bits per heavy atom. The fourth-order valence-electron chi connectivity index (χ4n) is 3.84. The molecule has 4 atom stereocenters. The zero-order chi connectivity index (χ0) is 19.0. The molecule has 2 heterocycles. The Labute approximate surface area is 154 Å². The molecule has 0 radical (unpaired) electrons. The third kappa shape index (κ3) is 3.63. The van der Waals surface area contributed by atoms with Crippen LogP contribution in [0.25, 0.3) is 0 Å². The summed E-state index contributed by atoms with van der Waals surface area (Å²) in [6.45, 7) is 0. The largest absolute Gasteiger partial charge is 0.416 e. The third-order valence-electron chi connectivity index (χ3n) is 5.11. The van der Waals surface area contributed by atoms with Crippen LogP contribution >= 0.6 is 0 Å². The topological polar surface area (TPSA) is 65.2 Å². The van der Waals surface area contributed by atoms with E-state index in [0.29, 0.717) is 0 Å². The first-order valence-corrected chi connectivity index (χ1v) is 8.71. The molecule has 0 aromatic heterocycles. The van der Waals surface area contributed by atoms with Gasteiger partial charge in [0.05, 0.1) is 17.9 Å². The van der Waals surface area contributed by atoms with Gasteiger partial charge in [0.25, 0.3) is 0 Å². The standard InChI is InChI=1S/C19H19F3N4O/c20-19(21,22)12-8-6-11(7-9-12)14-10-15(27)24-18-16(14)17(25-26-18)23-13-4-2-1-3-5-13/h1-9,14,16-18,23,25-26H,10H2,(H,24,27). The molecule has 4 rings (SSSR count). The molecule has 1 amide bonds. The second-order valence-electron chi connectivity index (χ2n) is 6.83. The second kappa shape index (κ2) is 6.86. The molecule has 8 heteroatoms. The third-order valence-corrected chi connectivity index (χ3v) is 5.11. The fourth-order valence-corrected chi connectivity index (χ4v) is 3.84. The molecular weight excluding hydrogens is 357 g/mol. The maximum absolute atomic E-state index is 12.8. The van der Waals surface area contributed by atoms with Gasteiger partial charge in [-0.3, -0.25) is 4.79 Å². The Hall–Kier alpha value is -2.58. The number of rotatable bonds is 3. The van der Waals surface area contributed by atoms with Crippen molar-refractivity contribution < 1.29 is 18.0 Å². The highest BCUT2D eigenvalue weighted by Crippen LogP contribution is 2.38. The number of carbonyl (C=O) groups excluding carboxylic acids is 1. The Kier molecular flexibility index (Phi) is 4.53. The van der Waals surface area contributed by atoms with Crippen molar-refractivity contribution in [2.24, 2.45) is 5.92 Å². The van der Waals surface area contributed by atoms with Crippen molar-refractivity contribution in [2.75, 3.05) is 5.32 Å². The first-order chi connectivity index (χ1) is 12.9. The van der Waals surface area contributed by atoms with Crippen molar-refractivity contribution in [3.8, 4) is 0 Å². The molecule has 27 heavy (non-hydrogen) atoms. The molecule has 2 fully saturated rings. The number of nitrogens with one attached hydrogen (secondary N) is 4. The Bertz CT molecular complexity index is 810. The van der Waals surface area contributed by atoms with Crippen molar-refractivity contribution in [1.29, 1.82) is 0 Å². The molecule has 0 aliphatic carbocycles. The molecule has 2 saturated heterocycles. The first kappa shape index (κ1) is 17.8. The predicted molar refractivity (Wildman–Crippen MR) is 94.3 cm³/mol. The summed E-state index contributed by atoms with van der Waals surface area (Å²) in [4.78, 5) is 12.1. The predicted octanol–water partition coefficient (Wildman–Crippen LogP) is 2.80. The van der Waals surface area contributed by atoms with Gasteiger partial charge in [0.15, 0.2) is 0 Å². The summed E-state index contributed by atoms with van der Waals surface area (Å²) < 4.78 is 38.5. The van der Waals surface area contributed by atoms with E-state index in [4.69, 9.17) is 0 Å². The summed E-state index contributed by atoms with van der Waals surface area (Å²) in [5.74, 6) is -0.412. The molecule has 4 N–H and O–H groups in total. The van der Waals surface area contributed by atoms with Crippen LogP contribution in [0.2, 0.25) is 0 Å². The number of benzene rings is 2. The van der Waals surface area contributed by atoms with Gasteiger partial charge < -0.3 is 10.6 Å². The lowest BCUT2D eigenvalue weighted by molar-refractivity contribution is -0.137. The zero-order valence-corrected chi connectivity index (χ0v) is 14.3. The van der Waals surface area contributed by atoms with E-state index in [2.05, 4.69) is 21.5 Å². The van der Waals surface area contributed by atoms with Crippen molar-refractivity contribution in [3.05, 3.63) is 65.7 Å². The van der Waals surface area contributed by atoms with Crippen LogP contribution in [-0.2, 0) is 11.0 Å². The average Bonchev–Trinajstić information content (AvgIpc) is 3.04.